The minimum atomic E-state index is 0.174. The first-order chi connectivity index (χ1) is 19.1. The number of hydrogen-bond acceptors (Lipinski definition) is 4. The summed E-state index contributed by atoms with van der Waals surface area (Å²) >= 11 is 0. The minimum Gasteiger partial charge on any atom is -0.264 e. The Morgan fingerprint density at radius 2 is 1.72 bits per heavy atom. The summed E-state index contributed by atoms with van der Waals surface area (Å²) in [5.74, 6) is 2.00. The van der Waals surface area contributed by atoms with Crippen molar-refractivity contribution in [2.75, 3.05) is 0 Å². The highest BCUT2D eigenvalue weighted by molar-refractivity contribution is 5.71. The summed E-state index contributed by atoms with van der Waals surface area (Å²) in [5, 5.41) is 4.90. The molecule has 0 spiro atoms. The fraction of sp³-hybridized carbons (Fsp3) is 0.176. The number of hydrogen-bond donors (Lipinski definition) is 0. The van der Waals surface area contributed by atoms with E-state index in [0.29, 0.717) is 24.0 Å². The quantitative estimate of drug-likeness (QED) is 0.249. The highest BCUT2D eigenvalue weighted by Gasteiger charge is 2.22. The third kappa shape index (κ3) is 4.72. The maximum absolute atomic E-state index is 4.97. The SMILES string of the molecule is C=CC1=Cc2cc(-c3nc(-c4ccc5c(c4)C=CCC5)nc(-c4ccc(C)c(/C=C\C)c4)n3)nn2CC1C=C. The van der Waals surface area contributed by atoms with Crippen molar-refractivity contribution in [3.05, 3.63) is 113 Å². The lowest BCUT2D eigenvalue weighted by molar-refractivity contribution is 0.530. The Labute approximate surface area is 229 Å². The normalized spacial score (nSPS) is 16.1. The van der Waals surface area contributed by atoms with Crippen molar-refractivity contribution in [3.8, 4) is 34.3 Å². The van der Waals surface area contributed by atoms with Crippen LogP contribution in [0, 0.1) is 12.8 Å². The molecule has 5 heteroatoms. The lowest BCUT2D eigenvalue weighted by Gasteiger charge is -2.20. The molecule has 3 heterocycles. The summed E-state index contributed by atoms with van der Waals surface area (Å²) in [6.07, 6.45) is 16.7. The van der Waals surface area contributed by atoms with Gasteiger partial charge in [-0.25, -0.2) is 15.0 Å². The van der Waals surface area contributed by atoms with Gasteiger partial charge >= 0.3 is 0 Å². The topological polar surface area (TPSA) is 56.5 Å². The summed E-state index contributed by atoms with van der Waals surface area (Å²) in [6.45, 7) is 12.8. The first kappa shape index (κ1) is 24.7. The van der Waals surface area contributed by atoms with Crippen molar-refractivity contribution in [2.24, 2.45) is 5.92 Å². The van der Waals surface area contributed by atoms with Crippen molar-refractivity contribution < 1.29 is 0 Å². The Bertz CT molecular complexity index is 1670. The largest absolute Gasteiger partial charge is 0.264 e. The maximum atomic E-state index is 4.97. The highest BCUT2D eigenvalue weighted by Crippen LogP contribution is 2.31. The van der Waals surface area contributed by atoms with E-state index >= 15 is 0 Å². The van der Waals surface area contributed by atoms with Crippen molar-refractivity contribution in [1.82, 2.24) is 24.7 Å². The second kappa shape index (κ2) is 10.3. The van der Waals surface area contributed by atoms with Gasteiger partial charge in [-0.05, 0) is 78.8 Å². The van der Waals surface area contributed by atoms with E-state index < -0.39 is 0 Å². The molecule has 0 radical (unpaired) electrons. The van der Waals surface area contributed by atoms with Gasteiger partial charge in [-0.2, -0.15) is 5.10 Å². The second-order valence-corrected chi connectivity index (χ2v) is 10.1. The molecule has 5 nitrogen and oxygen atoms in total. The van der Waals surface area contributed by atoms with Crippen LogP contribution in [0.2, 0.25) is 0 Å². The molecule has 1 unspecified atom stereocenters. The molecule has 2 aromatic carbocycles. The molecule has 1 aliphatic heterocycles. The number of benzene rings is 2. The van der Waals surface area contributed by atoms with E-state index in [9.17, 15) is 0 Å². The van der Waals surface area contributed by atoms with Gasteiger partial charge in [-0.3, -0.25) is 4.68 Å². The number of allylic oxidation sites excluding steroid dienone is 5. The van der Waals surface area contributed by atoms with Crippen LogP contribution in [0.3, 0.4) is 0 Å². The third-order valence-corrected chi connectivity index (χ3v) is 7.47. The van der Waals surface area contributed by atoms with Gasteiger partial charge < -0.3 is 0 Å². The van der Waals surface area contributed by atoms with Crippen LogP contribution in [0.4, 0.5) is 0 Å². The van der Waals surface area contributed by atoms with E-state index in [-0.39, 0.29) is 5.92 Å². The number of nitrogens with zero attached hydrogens (tertiary/aromatic N) is 5. The standard InChI is InChI=1S/C34H31N5/c1-5-10-26-17-28(14-13-22(26)4)32-35-33(29-16-15-25-11-8-9-12-27(25)18-29)37-34(36-32)31-20-30-19-23(6-2)24(7-3)21-39(30)38-31/h5-7,9-10,12-20,24H,2-3,8,11,21H2,1,4H3/b10-5-. The molecule has 0 amide bonds. The Balaban J connectivity index is 1.51. The number of aryl methyl sites for hydroxylation is 2. The average Bonchev–Trinajstić information content (AvgIpc) is 3.40. The molecule has 39 heavy (non-hydrogen) atoms. The van der Waals surface area contributed by atoms with Crippen molar-refractivity contribution >= 4 is 18.2 Å². The first-order valence-electron chi connectivity index (χ1n) is 13.4. The van der Waals surface area contributed by atoms with Gasteiger partial charge in [0.2, 0.25) is 0 Å². The smallest absolute Gasteiger partial charge is 0.184 e. The Morgan fingerprint density at radius 3 is 2.49 bits per heavy atom. The molecule has 1 atom stereocenters. The van der Waals surface area contributed by atoms with Crippen LogP contribution in [0.15, 0.2) is 85.5 Å². The molecule has 192 valence electrons. The molecular formula is C34H31N5. The van der Waals surface area contributed by atoms with E-state index in [1.807, 2.05) is 35.9 Å². The molecule has 6 rings (SSSR count). The Hall–Kier alpha value is -4.64. The van der Waals surface area contributed by atoms with Gasteiger partial charge in [0.1, 0.15) is 5.69 Å². The van der Waals surface area contributed by atoms with Gasteiger partial charge in [-0.15, -0.1) is 6.58 Å². The van der Waals surface area contributed by atoms with E-state index in [4.69, 9.17) is 20.1 Å². The highest BCUT2D eigenvalue weighted by atomic mass is 15.3. The van der Waals surface area contributed by atoms with Gasteiger partial charge in [-0.1, -0.05) is 67.3 Å². The minimum absolute atomic E-state index is 0.174. The van der Waals surface area contributed by atoms with Crippen LogP contribution < -0.4 is 0 Å². The summed E-state index contributed by atoms with van der Waals surface area (Å²) in [4.78, 5) is 14.9. The second-order valence-electron chi connectivity index (χ2n) is 10.1. The first-order valence-corrected chi connectivity index (χ1v) is 13.4. The van der Waals surface area contributed by atoms with Gasteiger partial charge in [0.25, 0.3) is 0 Å². The van der Waals surface area contributed by atoms with Crippen LogP contribution >= 0.6 is 0 Å². The molecule has 2 aliphatic rings. The van der Waals surface area contributed by atoms with Crippen molar-refractivity contribution in [1.29, 1.82) is 0 Å². The van der Waals surface area contributed by atoms with E-state index in [1.54, 1.807) is 0 Å². The number of fused-ring (bicyclic) bond motifs is 2. The zero-order valence-electron chi connectivity index (χ0n) is 22.4. The van der Waals surface area contributed by atoms with Gasteiger partial charge in [0.05, 0.1) is 12.2 Å². The van der Waals surface area contributed by atoms with Crippen molar-refractivity contribution in [2.45, 2.75) is 33.2 Å². The van der Waals surface area contributed by atoms with Crippen LogP contribution in [0.25, 0.3) is 52.5 Å². The van der Waals surface area contributed by atoms with Crippen LogP contribution in [0.1, 0.15) is 41.3 Å². The van der Waals surface area contributed by atoms with Gasteiger partial charge in [0.15, 0.2) is 17.5 Å². The summed E-state index contributed by atoms with van der Waals surface area (Å²) in [6, 6.07) is 14.9. The van der Waals surface area contributed by atoms with E-state index in [2.05, 4.69) is 80.8 Å². The molecule has 4 aromatic rings. The summed E-state index contributed by atoms with van der Waals surface area (Å²) in [7, 11) is 0. The summed E-state index contributed by atoms with van der Waals surface area (Å²) < 4.78 is 2.00. The number of aromatic nitrogens is 5. The molecule has 0 fully saturated rings. The van der Waals surface area contributed by atoms with Crippen LogP contribution in [-0.4, -0.2) is 24.7 Å². The zero-order valence-corrected chi connectivity index (χ0v) is 22.4. The molecule has 2 aromatic heterocycles. The summed E-state index contributed by atoms with van der Waals surface area (Å²) in [5.41, 5.74) is 9.71. The fourth-order valence-electron chi connectivity index (χ4n) is 5.25. The number of rotatable bonds is 6. The molecule has 0 bridgehead atoms. The monoisotopic (exact) mass is 509 g/mol. The van der Waals surface area contributed by atoms with E-state index in [1.165, 1.54) is 16.7 Å². The lowest BCUT2D eigenvalue weighted by Crippen LogP contribution is -2.16. The molecule has 1 aliphatic carbocycles. The lowest BCUT2D eigenvalue weighted by atomic mass is 9.95. The third-order valence-electron chi connectivity index (χ3n) is 7.47. The van der Waals surface area contributed by atoms with Crippen LogP contribution in [-0.2, 0) is 13.0 Å². The van der Waals surface area contributed by atoms with Gasteiger partial charge in [0, 0.05) is 17.0 Å². The molecule has 0 saturated heterocycles. The Morgan fingerprint density at radius 1 is 0.949 bits per heavy atom. The molecule has 0 saturated carbocycles. The predicted octanol–water partition coefficient (Wildman–Crippen LogP) is 7.76. The fourth-order valence-corrected chi connectivity index (χ4v) is 5.25. The van der Waals surface area contributed by atoms with E-state index in [0.717, 1.165) is 46.5 Å². The molecule has 0 N–H and O–H groups in total. The van der Waals surface area contributed by atoms with Crippen molar-refractivity contribution in [3.63, 3.8) is 0 Å². The molecular weight excluding hydrogens is 478 g/mol. The maximum Gasteiger partial charge on any atom is 0.184 e. The average molecular weight is 510 g/mol. The zero-order chi connectivity index (χ0) is 26.9. The Kier molecular flexibility index (Phi) is 6.49. The predicted molar refractivity (Wildman–Crippen MR) is 161 cm³/mol. The van der Waals surface area contributed by atoms with Crippen LogP contribution in [0.5, 0.6) is 0 Å².